The first-order chi connectivity index (χ1) is 7.24. The lowest BCUT2D eigenvalue weighted by Crippen LogP contribution is -2.19. The van der Waals surface area contributed by atoms with E-state index in [4.69, 9.17) is 4.74 Å². The van der Waals surface area contributed by atoms with Crippen molar-refractivity contribution in [1.29, 1.82) is 0 Å². The lowest BCUT2D eigenvalue weighted by molar-refractivity contribution is -0.118. The molecule has 0 aliphatic heterocycles. The molecule has 4 heteroatoms. The van der Waals surface area contributed by atoms with Gasteiger partial charge in [-0.15, -0.1) is 0 Å². The average Bonchev–Trinajstić information content (AvgIpc) is 2.24. The van der Waals surface area contributed by atoms with E-state index >= 15 is 0 Å². The second-order valence-electron chi connectivity index (χ2n) is 2.77. The Labute approximate surface area is 88.7 Å². The van der Waals surface area contributed by atoms with E-state index in [1.54, 1.807) is 19.4 Å². The Bertz CT molecular complexity index is 405. The van der Waals surface area contributed by atoms with Crippen molar-refractivity contribution in [3.63, 3.8) is 0 Å². The number of nitrogens with one attached hydrogen (secondary N) is 1. The molecular formula is C11H12N2O2. The van der Waals surface area contributed by atoms with Crippen LogP contribution in [0.4, 0.5) is 0 Å². The molecule has 0 fully saturated rings. The summed E-state index contributed by atoms with van der Waals surface area (Å²) in [4.78, 5) is 14.6. The summed E-state index contributed by atoms with van der Waals surface area (Å²) >= 11 is 0. The number of carbonyl (C=O) groups is 1. The van der Waals surface area contributed by atoms with Gasteiger partial charge in [0.2, 0.25) is 11.8 Å². The van der Waals surface area contributed by atoms with Gasteiger partial charge in [-0.2, -0.15) is 0 Å². The third-order valence-corrected chi connectivity index (χ3v) is 1.61. The summed E-state index contributed by atoms with van der Waals surface area (Å²) in [7, 11) is 1.54. The van der Waals surface area contributed by atoms with E-state index in [0.717, 1.165) is 0 Å². The van der Waals surface area contributed by atoms with E-state index in [1.165, 1.54) is 6.92 Å². The minimum atomic E-state index is -0.0950. The number of aromatic nitrogens is 1. The summed E-state index contributed by atoms with van der Waals surface area (Å²) in [6, 6.07) is 3.59. The van der Waals surface area contributed by atoms with Gasteiger partial charge in [0.05, 0.1) is 19.2 Å². The molecule has 0 atom stereocenters. The van der Waals surface area contributed by atoms with Crippen LogP contribution in [0.25, 0.3) is 0 Å². The van der Waals surface area contributed by atoms with Gasteiger partial charge in [0.15, 0.2) is 0 Å². The number of hydrogen-bond donors (Lipinski definition) is 1. The van der Waals surface area contributed by atoms with Crippen LogP contribution in [0.2, 0.25) is 0 Å². The van der Waals surface area contributed by atoms with Gasteiger partial charge in [0, 0.05) is 13.1 Å². The van der Waals surface area contributed by atoms with Gasteiger partial charge in [-0.1, -0.05) is 11.8 Å². The summed E-state index contributed by atoms with van der Waals surface area (Å²) in [5, 5.41) is 2.58. The van der Waals surface area contributed by atoms with Gasteiger partial charge in [-0.05, 0) is 12.1 Å². The van der Waals surface area contributed by atoms with Crippen LogP contribution in [0, 0.1) is 11.8 Å². The first-order valence-electron chi connectivity index (χ1n) is 4.46. The lowest BCUT2D eigenvalue weighted by atomic mass is 10.3. The number of nitrogens with zero attached hydrogens (tertiary/aromatic N) is 1. The molecule has 0 spiro atoms. The second kappa shape index (κ2) is 5.66. The van der Waals surface area contributed by atoms with Gasteiger partial charge < -0.3 is 10.1 Å². The molecule has 0 bridgehead atoms. The van der Waals surface area contributed by atoms with E-state index in [-0.39, 0.29) is 5.91 Å². The third kappa shape index (κ3) is 3.69. The zero-order valence-corrected chi connectivity index (χ0v) is 8.70. The van der Waals surface area contributed by atoms with Crippen molar-refractivity contribution in [3.05, 3.63) is 23.9 Å². The van der Waals surface area contributed by atoms with Crippen LogP contribution in [0.5, 0.6) is 5.88 Å². The first-order valence-corrected chi connectivity index (χ1v) is 4.46. The highest BCUT2D eigenvalue weighted by atomic mass is 16.5. The van der Waals surface area contributed by atoms with Crippen LogP contribution in [0.3, 0.4) is 0 Å². The molecule has 1 aromatic rings. The molecule has 1 N–H and O–H groups in total. The Kier molecular flexibility index (Phi) is 4.17. The Hall–Kier alpha value is -2.02. The molecule has 1 heterocycles. The smallest absolute Gasteiger partial charge is 0.229 e. The number of methoxy groups -OCH3 is 1. The fourth-order valence-electron chi connectivity index (χ4n) is 0.957. The molecule has 78 valence electrons. The SMILES string of the molecule is COc1ncccc1C#CCNC(C)=O. The maximum Gasteiger partial charge on any atom is 0.229 e. The highest BCUT2D eigenvalue weighted by molar-refractivity contribution is 5.73. The van der Waals surface area contributed by atoms with Crippen LogP contribution >= 0.6 is 0 Å². The average molecular weight is 204 g/mol. The molecular weight excluding hydrogens is 192 g/mol. The third-order valence-electron chi connectivity index (χ3n) is 1.61. The highest BCUT2D eigenvalue weighted by Gasteiger charge is 1.97. The quantitative estimate of drug-likeness (QED) is 0.717. The molecule has 0 saturated carbocycles. The molecule has 0 aromatic carbocycles. The standard InChI is InChI=1S/C11H12N2O2/c1-9(14)12-7-3-5-10-6-4-8-13-11(10)15-2/h4,6,8H,7H2,1-2H3,(H,12,14). The fraction of sp³-hybridized carbons (Fsp3) is 0.273. The van der Waals surface area contributed by atoms with E-state index in [9.17, 15) is 4.79 Å². The van der Waals surface area contributed by atoms with Crippen molar-refractivity contribution in [2.24, 2.45) is 0 Å². The summed E-state index contributed by atoms with van der Waals surface area (Å²) < 4.78 is 5.02. The predicted molar refractivity (Wildman–Crippen MR) is 56.4 cm³/mol. The molecule has 1 rings (SSSR count). The van der Waals surface area contributed by atoms with Crippen LogP contribution in [0.1, 0.15) is 12.5 Å². The Morgan fingerprint density at radius 3 is 3.13 bits per heavy atom. The Morgan fingerprint density at radius 1 is 1.67 bits per heavy atom. The summed E-state index contributed by atoms with van der Waals surface area (Å²) in [5.41, 5.74) is 0.713. The maximum atomic E-state index is 10.6. The van der Waals surface area contributed by atoms with E-state index in [1.807, 2.05) is 6.07 Å². The number of ether oxygens (including phenoxy) is 1. The molecule has 4 nitrogen and oxygen atoms in total. The van der Waals surface area contributed by atoms with Crippen molar-refractivity contribution in [2.75, 3.05) is 13.7 Å². The Morgan fingerprint density at radius 2 is 2.47 bits per heavy atom. The molecule has 0 saturated heterocycles. The summed E-state index contributed by atoms with van der Waals surface area (Å²) in [6.07, 6.45) is 1.64. The molecule has 1 aromatic heterocycles. The van der Waals surface area contributed by atoms with Crippen molar-refractivity contribution < 1.29 is 9.53 Å². The highest BCUT2D eigenvalue weighted by Crippen LogP contribution is 2.10. The molecule has 1 amide bonds. The van der Waals surface area contributed by atoms with Crippen LogP contribution in [-0.4, -0.2) is 24.5 Å². The fourth-order valence-corrected chi connectivity index (χ4v) is 0.957. The molecule has 15 heavy (non-hydrogen) atoms. The van der Waals surface area contributed by atoms with Crippen molar-refractivity contribution in [2.45, 2.75) is 6.92 Å². The van der Waals surface area contributed by atoms with E-state index in [2.05, 4.69) is 22.1 Å². The minimum Gasteiger partial charge on any atom is -0.480 e. The second-order valence-corrected chi connectivity index (χ2v) is 2.77. The number of amides is 1. The number of carbonyl (C=O) groups excluding carboxylic acids is 1. The normalized spacial score (nSPS) is 8.67. The molecule has 0 aliphatic rings. The molecule has 0 aliphatic carbocycles. The van der Waals surface area contributed by atoms with E-state index < -0.39 is 0 Å². The number of rotatable bonds is 2. The number of pyridine rings is 1. The van der Waals surface area contributed by atoms with Crippen LogP contribution in [-0.2, 0) is 4.79 Å². The molecule has 0 unspecified atom stereocenters. The topological polar surface area (TPSA) is 51.2 Å². The van der Waals surface area contributed by atoms with Gasteiger partial charge in [0.25, 0.3) is 0 Å². The van der Waals surface area contributed by atoms with Crippen molar-refractivity contribution in [1.82, 2.24) is 10.3 Å². The summed E-state index contributed by atoms with van der Waals surface area (Å²) in [6.45, 7) is 1.78. The van der Waals surface area contributed by atoms with Gasteiger partial charge >= 0.3 is 0 Å². The minimum absolute atomic E-state index is 0.0950. The van der Waals surface area contributed by atoms with Gasteiger partial charge in [-0.3, -0.25) is 4.79 Å². The van der Waals surface area contributed by atoms with Crippen molar-refractivity contribution in [3.8, 4) is 17.7 Å². The van der Waals surface area contributed by atoms with Crippen LogP contribution < -0.4 is 10.1 Å². The summed E-state index contributed by atoms with van der Waals surface area (Å²) in [5.74, 6) is 6.07. The monoisotopic (exact) mass is 204 g/mol. The van der Waals surface area contributed by atoms with Gasteiger partial charge in [-0.25, -0.2) is 4.98 Å². The number of hydrogen-bond acceptors (Lipinski definition) is 3. The largest absolute Gasteiger partial charge is 0.480 e. The Balaban J connectivity index is 2.66. The lowest BCUT2D eigenvalue weighted by Gasteiger charge is -1.99. The van der Waals surface area contributed by atoms with Crippen molar-refractivity contribution >= 4 is 5.91 Å². The van der Waals surface area contributed by atoms with Gasteiger partial charge in [0.1, 0.15) is 0 Å². The first kappa shape index (κ1) is 11.1. The van der Waals surface area contributed by atoms with E-state index in [0.29, 0.717) is 18.0 Å². The zero-order valence-electron chi connectivity index (χ0n) is 8.70. The zero-order chi connectivity index (χ0) is 11.1. The predicted octanol–water partition coefficient (Wildman–Crippen LogP) is 0.578. The molecule has 0 radical (unpaired) electrons. The van der Waals surface area contributed by atoms with Crippen LogP contribution in [0.15, 0.2) is 18.3 Å². The maximum absolute atomic E-state index is 10.6.